The van der Waals surface area contributed by atoms with Gasteiger partial charge in [0.2, 0.25) is 10.0 Å². The summed E-state index contributed by atoms with van der Waals surface area (Å²) >= 11 is 0. The Labute approximate surface area is 159 Å². The molecule has 2 rings (SSSR count). The number of nitrogens with one attached hydrogen (secondary N) is 2. The van der Waals surface area contributed by atoms with Crippen molar-refractivity contribution in [1.82, 2.24) is 10.0 Å². The third kappa shape index (κ3) is 6.06. The van der Waals surface area contributed by atoms with Gasteiger partial charge in [0, 0.05) is 25.3 Å². The van der Waals surface area contributed by atoms with Crippen LogP contribution in [0, 0.1) is 0 Å². The fourth-order valence-corrected chi connectivity index (χ4v) is 3.66. The van der Waals surface area contributed by atoms with Gasteiger partial charge in [0.15, 0.2) is 0 Å². The minimum Gasteiger partial charge on any atom is -0.497 e. The van der Waals surface area contributed by atoms with E-state index in [4.69, 9.17) is 9.47 Å². The quantitative estimate of drug-likeness (QED) is 0.680. The Hall–Kier alpha value is -2.42. The minimum absolute atomic E-state index is 0.0946. The zero-order valence-corrected chi connectivity index (χ0v) is 16.4. The van der Waals surface area contributed by atoms with E-state index >= 15 is 0 Å². The summed E-state index contributed by atoms with van der Waals surface area (Å²) in [5.41, 5.74) is 1.31. The van der Waals surface area contributed by atoms with Crippen molar-refractivity contribution in [3.05, 3.63) is 59.7 Å². The Bertz CT molecular complexity index is 849. The second kappa shape index (κ2) is 9.50. The average Bonchev–Trinajstić information content (AvgIpc) is 2.66. The molecule has 2 N–H and O–H groups in total. The van der Waals surface area contributed by atoms with Gasteiger partial charge < -0.3 is 14.8 Å². The number of benzene rings is 2. The van der Waals surface area contributed by atoms with Gasteiger partial charge in [-0.3, -0.25) is 4.79 Å². The van der Waals surface area contributed by atoms with Crippen LogP contribution in [0.4, 0.5) is 0 Å². The van der Waals surface area contributed by atoms with Crippen molar-refractivity contribution in [2.24, 2.45) is 0 Å². The summed E-state index contributed by atoms with van der Waals surface area (Å²) in [5.74, 6) is 0.464. The molecular weight excluding hydrogens is 368 g/mol. The molecule has 2 aromatic carbocycles. The van der Waals surface area contributed by atoms with Crippen LogP contribution in [0.25, 0.3) is 0 Å². The van der Waals surface area contributed by atoms with E-state index < -0.39 is 10.0 Å². The zero-order chi connectivity index (χ0) is 19.9. The molecule has 7 nitrogen and oxygen atoms in total. The van der Waals surface area contributed by atoms with Crippen LogP contribution in [-0.4, -0.2) is 41.2 Å². The monoisotopic (exact) mass is 392 g/mol. The van der Waals surface area contributed by atoms with Gasteiger partial charge in [-0.25, -0.2) is 13.1 Å². The van der Waals surface area contributed by atoms with Gasteiger partial charge in [-0.1, -0.05) is 12.1 Å². The molecule has 0 aliphatic carbocycles. The Kier molecular flexibility index (Phi) is 7.35. The standard InChI is InChI=1S/C19H24N2O5S/c1-14(13-25-2)21-27(23,24)18-10-6-16(7-11-18)19(22)20-12-15-4-8-17(26-3)9-5-15/h4-11,14,21H,12-13H2,1-3H3,(H,20,22)/t14-/m1/s1. The first kappa shape index (κ1) is 20.9. The Morgan fingerprint density at radius 1 is 1.04 bits per heavy atom. The number of amides is 1. The first-order chi connectivity index (χ1) is 12.9. The first-order valence-corrected chi connectivity index (χ1v) is 9.86. The molecule has 0 radical (unpaired) electrons. The molecule has 0 aliphatic heterocycles. The molecule has 0 aromatic heterocycles. The lowest BCUT2D eigenvalue weighted by Crippen LogP contribution is -2.35. The van der Waals surface area contributed by atoms with Gasteiger partial charge in [-0.15, -0.1) is 0 Å². The highest BCUT2D eigenvalue weighted by molar-refractivity contribution is 7.89. The van der Waals surface area contributed by atoms with Gasteiger partial charge in [0.25, 0.3) is 5.91 Å². The smallest absolute Gasteiger partial charge is 0.251 e. The summed E-state index contributed by atoms with van der Waals surface area (Å²) in [6.07, 6.45) is 0. The van der Waals surface area contributed by atoms with E-state index in [2.05, 4.69) is 10.0 Å². The molecule has 2 aromatic rings. The largest absolute Gasteiger partial charge is 0.497 e. The molecule has 0 bridgehead atoms. The molecule has 8 heteroatoms. The highest BCUT2D eigenvalue weighted by Crippen LogP contribution is 2.13. The highest BCUT2D eigenvalue weighted by Gasteiger charge is 2.17. The zero-order valence-electron chi connectivity index (χ0n) is 15.6. The number of carbonyl (C=O) groups is 1. The SMILES string of the molecule is COC[C@@H](C)NS(=O)(=O)c1ccc(C(=O)NCc2ccc(OC)cc2)cc1. The van der Waals surface area contributed by atoms with E-state index in [0.29, 0.717) is 12.1 Å². The molecule has 1 amide bonds. The molecule has 0 unspecified atom stereocenters. The number of methoxy groups -OCH3 is 2. The maximum Gasteiger partial charge on any atom is 0.251 e. The van der Waals surface area contributed by atoms with Crippen LogP contribution >= 0.6 is 0 Å². The van der Waals surface area contributed by atoms with Crippen LogP contribution in [0.1, 0.15) is 22.8 Å². The Morgan fingerprint density at radius 3 is 2.22 bits per heavy atom. The van der Waals surface area contributed by atoms with Crippen molar-refractivity contribution >= 4 is 15.9 Å². The fourth-order valence-electron chi connectivity index (χ4n) is 2.43. The lowest BCUT2D eigenvalue weighted by Gasteiger charge is -2.13. The summed E-state index contributed by atoms with van der Waals surface area (Å²) < 4.78 is 37.1. The number of rotatable bonds is 9. The van der Waals surface area contributed by atoms with E-state index in [1.165, 1.54) is 31.4 Å². The molecule has 0 saturated carbocycles. The summed E-state index contributed by atoms with van der Waals surface area (Å²) in [6.45, 7) is 2.34. The first-order valence-electron chi connectivity index (χ1n) is 8.38. The maximum atomic E-state index is 12.3. The molecule has 0 fully saturated rings. The normalized spacial score (nSPS) is 12.4. The fraction of sp³-hybridized carbons (Fsp3) is 0.316. The second-order valence-electron chi connectivity index (χ2n) is 6.03. The Balaban J connectivity index is 1.97. The van der Waals surface area contributed by atoms with E-state index in [-0.39, 0.29) is 23.5 Å². The molecule has 1 atom stereocenters. The van der Waals surface area contributed by atoms with Gasteiger partial charge in [0.1, 0.15) is 5.75 Å². The molecule has 146 valence electrons. The molecular formula is C19H24N2O5S. The summed E-state index contributed by atoms with van der Waals surface area (Å²) in [4.78, 5) is 12.3. The molecule has 0 saturated heterocycles. The summed E-state index contributed by atoms with van der Waals surface area (Å²) in [5, 5.41) is 2.80. The predicted molar refractivity (Wildman–Crippen MR) is 102 cm³/mol. The van der Waals surface area contributed by atoms with Gasteiger partial charge in [0.05, 0.1) is 18.6 Å². The van der Waals surface area contributed by atoms with Crippen LogP contribution in [0.2, 0.25) is 0 Å². The highest BCUT2D eigenvalue weighted by atomic mass is 32.2. The van der Waals surface area contributed by atoms with Crippen molar-refractivity contribution in [3.8, 4) is 5.75 Å². The van der Waals surface area contributed by atoms with Crippen LogP contribution in [0.15, 0.2) is 53.4 Å². The van der Waals surface area contributed by atoms with E-state index in [1.54, 1.807) is 14.0 Å². The van der Waals surface area contributed by atoms with E-state index in [9.17, 15) is 13.2 Å². The van der Waals surface area contributed by atoms with Crippen molar-refractivity contribution in [3.63, 3.8) is 0 Å². The van der Waals surface area contributed by atoms with Crippen molar-refractivity contribution in [2.45, 2.75) is 24.4 Å². The van der Waals surface area contributed by atoms with Gasteiger partial charge in [-0.05, 0) is 48.9 Å². The Morgan fingerprint density at radius 2 is 1.67 bits per heavy atom. The lowest BCUT2D eigenvalue weighted by molar-refractivity contribution is 0.0951. The molecule has 27 heavy (non-hydrogen) atoms. The van der Waals surface area contributed by atoms with Crippen molar-refractivity contribution in [1.29, 1.82) is 0 Å². The minimum atomic E-state index is -3.66. The molecule has 0 aliphatic rings. The molecule has 0 heterocycles. The van der Waals surface area contributed by atoms with Crippen molar-refractivity contribution < 1.29 is 22.7 Å². The van der Waals surface area contributed by atoms with Crippen LogP contribution < -0.4 is 14.8 Å². The van der Waals surface area contributed by atoms with Crippen molar-refractivity contribution in [2.75, 3.05) is 20.8 Å². The van der Waals surface area contributed by atoms with Gasteiger partial charge >= 0.3 is 0 Å². The number of hydrogen-bond donors (Lipinski definition) is 2. The number of sulfonamides is 1. The van der Waals surface area contributed by atoms with E-state index in [1.807, 2.05) is 24.3 Å². The molecule has 0 spiro atoms. The summed E-state index contributed by atoms with van der Waals surface area (Å²) in [6, 6.07) is 12.8. The van der Waals surface area contributed by atoms with E-state index in [0.717, 1.165) is 11.3 Å². The van der Waals surface area contributed by atoms with Crippen LogP contribution in [0.5, 0.6) is 5.75 Å². The third-order valence-electron chi connectivity index (χ3n) is 3.81. The number of ether oxygens (including phenoxy) is 2. The number of carbonyl (C=O) groups excluding carboxylic acids is 1. The number of hydrogen-bond acceptors (Lipinski definition) is 5. The predicted octanol–water partition coefficient (Wildman–Crippen LogP) is 1.94. The maximum absolute atomic E-state index is 12.3. The van der Waals surface area contributed by atoms with Gasteiger partial charge in [-0.2, -0.15) is 0 Å². The van der Waals surface area contributed by atoms with Crippen LogP contribution in [-0.2, 0) is 21.3 Å². The third-order valence-corrected chi connectivity index (χ3v) is 5.42. The topological polar surface area (TPSA) is 93.7 Å². The average molecular weight is 392 g/mol. The summed E-state index contributed by atoms with van der Waals surface area (Å²) in [7, 11) is -0.564. The lowest BCUT2D eigenvalue weighted by atomic mass is 10.2. The van der Waals surface area contributed by atoms with Crippen LogP contribution in [0.3, 0.4) is 0 Å². The second-order valence-corrected chi connectivity index (χ2v) is 7.75.